The highest BCUT2D eigenvalue weighted by atomic mass is 32.2. The Kier molecular flexibility index (Phi) is 7.29. The van der Waals surface area contributed by atoms with E-state index in [4.69, 9.17) is 5.14 Å². The van der Waals surface area contributed by atoms with Gasteiger partial charge in [0.15, 0.2) is 5.17 Å². The van der Waals surface area contributed by atoms with Crippen LogP contribution in [0.5, 0.6) is 0 Å². The van der Waals surface area contributed by atoms with Crippen LogP contribution < -0.4 is 10.5 Å². The molecule has 1 atom stereocenters. The number of nitrogens with one attached hydrogen (secondary N) is 1. The Morgan fingerprint density at radius 1 is 1.03 bits per heavy atom. The molecule has 35 heavy (non-hydrogen) atoms. The third-order valence-electron chi connectivity index (χ3n) is 5.09. The molecule has 2 amide bonds. The van der Waals surface area contributed by atoms with E-state index in [1.807, 2.05) is 18.2 Å². The minimum absolute atomic E-state index is 0.0307. The van der Waals surface area contributed by atoms with Gasteiger partial charge in [-0.05, 0) is 54.1 Å². The molecule has 3 aromatic carbocycles. The summed E-state index contributed by atoms with van der Waals surface area (Å²) in [6.45, 7) is 0.137. The van der Waals surface area contributed by atoms with Gasteiger partial charge in [-0.3, -0.25) is 14.5 Å². The summed E-state index contributed by atoms with van der Waals surface area (Å²) >= 11 is 1.18. The van der Waals surface area contributed by atoms with Gasteiger partial charge in [-0.1, -0.05) is 42.1 Å². The maximum Gasteiger partial charge on any atom is 0.242 e. The summed E-state index contributed by atoms with van der Waals surface area (Å²) in [6.07, 6.45) is -0.102. The number of carbonyl (C=O) groups is 2. The lowest BCUT2D eigenvalue weighted by Gasteiger charge is -2.17. The van der Waals surface area contributed by atoms with Gasteiger partial charge < -0.3 is 5.32 Å². The maximum absolute atomic E-state index is 13.2. The van der Waals surface area contributed by atoms with Crippen molar-refractivity contribution in [2.45, 2.75) is 23.1 Å². The van der Waals surface area contributed by atoms with Crippen LogP contribution in [0.25, 0.3) is 0 Å². The SMILES string of the molecule is NS(=O)(=O)c1ccc(CN2C(=O)C(CC(=O)Nc3ccc(F)cc3)SC2=Nc2ccccc2)cc1. The molecule has 3 N–H and O–H groups in total. The molecular formula is C24H21FN4O4S2. The summed E-state index contributed by atoms with van der Waals surface area (Å²) in [5.41, 5.74) is 1.74. The summed E-state index contributed by atoms with van der Waals surface area (Å²) < 4.78 is 36.2. The third kappa shape index (κ3) is 6.32. The molecule has 0 radical (unpaired) electrons. The first-order chi connectivity index (χ1) is 16.7. The van der Waals surface area contributed by atoms with Gasteiger partial charge in [0.05, 0.1) is 17.1 Å². The lowest BCUT2D eigenvalue weighted by Crippen LogP contribution is -2.33. The Bertz CT molecular complexity index is 1360. The number of nitrogens with two attached hydrogens (primary N) is 1. The molecule has 0 spiro atoms. The van der Waals surface area contributed by atoms with E-state index >= 15 is 0 Å². The Morgan fingerprint density at radius 2 is 1.69 bits per heavy atom. The number of primary sulfonamides is 1. The molecule has 3 aromatic rings. The number of aliphatic imine (C=N–C) groups is 1. The standard InChI is InChI=1S/C24H21FN4O4S2/c25-17-8-10-19(11-9-17)27-22(30)14-21-23(31)29(24(34-21)28-18-4-2-1-3-5-18)15-16-6-12-20(13-7-16)35(26,32)33/h1-13,21H,14-15H2,(H,27,30)(H2,26,32,33). The zero-order valence-corrected chi connectivity index (χ0v) is 19.9. The molecule has 1 unspecified atom stereocenters. The molecule has 1 heterocycles. The van der Waals surface area contributed by atoms with Crippen LogP contribution in [0.2, 0.25) is 0 Å². The number of para-hydroxylation sites is 1. The van der Waals surface area contributed by atoms with Crippen molar-refractivity contribution in [3.63, 3.8) is 0 Å². The van der Waals surface area contributed by atoms with Gasteiger partial charge in [-0.2, -0.15) is 0 Å². The summed E-state index contributed by atoms with van der Waals surface area (Å²) in [7, 11) is -3.83. The van der Waals surface area contributed by atoms with Crippen LogP contribution in [0.3, 0.4) is 0 Å². The van der Waals surface area contributed by atoms with E-state index in [1.165, 1.54) is 53.1 Å². The van der Waals surface area contributed by atoms with Gasteiger partial charge >= 0.3 is 0 Å². The number of amidine groups is 1. The minimum atomic E-state index is -3.83. The predicted octanol–water partition coefficient (Wildman–Crippen LogP) is 3.63. The molecule has 1 aliphatic heterocycles. The van der Waals surface area contributed by atoms with Gasteiger partial charge in [0.1, 0.15) is 11.1 Å². The fourth-order valence-electron chi connectivity index (χ4n) is 3.36. The molecule has 1 saturated heterocycles. The predicted molar refractivity (Wildman–Crippen MR) is 133 cm³/mol. The number of amides is 2. The van der Waals surface area contributed by atoms with Crippen molar-refractivity contribution in [1.29, 1.82) is 0 Å². The number of hydrogen-bond donors (Lipinski definition) is 2. The van der Waals surface area contributed by atoms with Crippen molar-refractivity contribution in [3.8, 4) is 0 Å². The smallest absolute Gasteiger partial charge is 0.242 e. The van der Waals surface area contributed by atoms with Crippen molar-refractivity contribution in [2.75, 3.05) is 5.32 Å². The Morgan fingerprint density at radius 3 is 2.31 bits per heavy atom. The molecular weight excluding hydrogens is 491 g/mol. The van der Waals surface area contributed by atoms with Gasteiger partial charge in [-0.25, -0.2) is 22.9 Å². The highest BCUT2D eigenvalue weighted by Gasteiger charge is 2.39. The number of sulfonamides is 1. The number of halogens is 1. The molecule has 8 nitrogen and oxygen atoms in total. The highest BCUT2D eigenvalue weighted by Crippen LogP contribution is 2.33. The molecule has 1 aliphatic rings. The third-order valence-corrected chi connectivity index (χ3v) is 7.20. The number of carbonyl (C=O) groups excluding carboxylic acids is 2. The molecule has 4 rings (SSSR count). The lowest BCUT2D eigenvalue weighted by molar-refractivity contribution is -0.128. The number of benzene rings is 3. The number of thioether (sulfide) groups is 1. The van der Waals surface area contributed by atoms with E-state index in [9.17, 15) is 22.4 Å². The Labute approximate surface area is 206 Å². The fraction of sp³-hybridized carbons (Fsp3) is 0.125. The molecule has 0 aromatic heterocycles. The average Bonchev–Trinajstić information content (AvgIpc) is 3.09. The highest BCUT2D eigenvalue weighted by molar-refractivity contribution is 8.15. The summed E-state index contributed by atoms with van der Waals surface area (Å²) in [5.74, 6) is -1.10. The second-order valence-electron chi connectivity index (χ2n) is 7.71. The average molecular weight is 513 g/mol. The van der Waals surface area contributed by atoms with Crippen LogP contribution in [0.15, 0.2) is 88.8 Å². The van der Waals surface area contributed by atoms with Crippen molar-refractivity contribution in [1.82, 2.24) is 4.90 Å². The number of rotatable bonds is 7. The summed E-state index contributed by atoms with van der Waals surface area (Å²) in [4.78, 5) is 31.8. The van der Waals surface area contributed by atoms with Crippen LogP contribution in [0, 0.1) is 5.82 Å². The zero-order valence-electron chi connectivity index (χ0n) is 18.3. The molecule has 180 valence electrons. The molecule has 0 aliphatic carbocycles. The van der Waals surface area contributed by atoms with E-state index in [1.54, 1.807) is 24.3 Å². The molecule has 11 heteroatoms. The van der Waals surface area contributed by atoms with Crippen LogP contribution in [0.4, 0.5) is 15.8 Å². The quantitative estimate of drug-likeness (QED) is 0.501. The van der Waals surface area contributed by atoms with Crippen LogP contribution in [-0.4, -0.2) is 35.5 Å². The van der Waals surface area contributed by atoms with E-state index in [0.717, 1.165) is 0 Å². The van der Waals surface area contributed by atoms with Crippen LogP contribution in [-0.2, 0) is 26.2 Å². The summed E-state index contributed by atoms with van der Waals surface area (Å²) in [5, 5.41) is 7.54. The molecule has 1 fully saturated rings. The largest absolute Gasteiger partial charge is 0.326 e. The minimum Gasteiger partial charge on any atom is -0.326 e. The van der Waals surface area contributed by atoms with E-state index in [2.05, 4.69) is 10.3 Å². The molecule has 0 bridgehead atoms. The van der Waals surface area contributed by atoms with E-state index < -0.39 is 21.1 Å². The lowest BCUT2D eigenvalue weighted by atomic mass is 10.2. The van der Waals surface area contributed by atoms with Crippen LogP contribution >= 0.6 is 11.8 Å². The topological polar surface area (TPSA) is 122 Å². The van der Waals surface area contributed by atoms with Gasteiger partial charge in [0.2, 0.25) is 21.8 Å². The Hall–Kier alpha value is -3.54. The first-order valence-electron chi connectivity index (χ1n) is 10.5. The molecule has 0 saturated carbocycles. The number of hydrogen-bond acceptors (Lipinski definition) is 6. The van der Waals surface area contributed by atoms with Crippen LogP contribution in [0.1, 0.15) is 12.0 Å². The first kappa shape index (κ1) is 24.6. The Balaban J connectivity index is 1.54. The fourth-order valence-corrected chi connectivity index (χ4v) is 5.04. The van der Waals surface area contributed by atoms with Gasteiger partial charge in [0.25, 0.3) is 0 Å². The zero-order chi connectivity index (χ0) is 25.0. The monoisotopic (exact) mass is 512 g/mol. The second-order valence-corrected chi connectivity index (χ2v) is 10.4. The van der Waals surface area contributed by atoms with Gasteiger partial charge in [0, 0.05) is 12.1 Å². The number of anilines is 1. The van der Waals surface area contributed by atoms with Crippen molar-refractivity contribution < 1.29 is 22.4 Å². The second kappa shape index (κ2) is 10.4. The maximum atomic E-state index is 13.2. The van der Waals surface area contributed by atoms with Crippen molar-refractivity contribution in [3.05, 3.63) is 90.2 Å². The van der Waals surface area contributed by atoms with E-state index in [0.29, 0.717) is 22.1 Å². The van der Waals surface area contributed by atoms with E-state index in [-0.39, 0.29) is 29.7 Å². The van der Waals surface area contributed by atoms with Gasteiger partial charge in [-0.15, -0.1) is 0 Å². The number of nitrogens with zero attached hydrogens (tertiary/aromatic N) is 2. The first-order valence-corrected chi connectivity index (χ1v) is 12.9. The van der Waals surface area contributed by atoms with Crippen molar-refractivity contribution >= 4 is 50.1 Å². The summed E-state index contributed by atoms with van der Waals surface area (Å²) in [6, 6.07) is 20.3. The normalized spacial score (nSPS) is 17.1. The van der Waals surface area contributed by atoms with Crippen molar-refractivity contribution in [2.24, 2.45) is 10.1 Å².